The number of morpholine rings is 2. The number of aromatic nitrogens is 1. The molecule has 7 nitrogen and oxygen atoms in total. The molecule has 0 spiro atoms. The lowest BCUT2D eigenvalue weighted by Gasteiger charge is -2.27. The van der Waals surface area contributed by atoms with Crippen LogP contribution >= 0.6 is 12.4 Å². The number of carbonyl (C=O) groups excluding carboxylic acids is 1. The second-order valence-corrected chi connectivity index (χ2v) is 6.64. The Morgan fingerprint density at radius 1 is 1.11 bits per heavy atom. The van der Waals surface area contributed by atoms with Crippen LogP contribution in [0.5, 0.6) is 0 Å². The number of benzene rings is 1. The largest absolute Gasteiger partial charge is 0.378 e. The van der Waals surface area contributed by atoms with Gasteiger partial charge in [-0.15, -0.1) is 12.4 Å². The fourth-order valence-electron chi connectivity index (χ4n) is 3.26. The van der Waals surface area contributed by atoms with Gasteiger partial charge in [0.2, 0.25) is 0 Å². The van der Waals surface area contributed by atoms with Gasteiger partial charge in [-0.05, 0) is 29.8 Å². The molecule has 2 aliphatic rings. The number of rotatable bonds is 4. The van der Waals surface area contributed by atoms with E-state index in [4.69, 9.17) is 9.47 Å². The van der Waals surface area contributed by atoms with Crippen LogP contribution in [0.4, 0.5) is 11.5 Å². The van der Waals surface area contributed by atoms with Gasteiger partial charge in [0.05, 0.1) is 31.5 Å². The van der Waals surface area contributed by atoms with Crippen LogP contribution in [0.3, 0.4) is 0 Å². The van der Waals surface area contributed by atoms with Crippen molar-refractivity contribution in [2.24, 2.45) is 0 Å². The molecule has 3 heterocycles. The van der Waals surface area contributed by atoms with Gasteiger partial charge in [0.15, 0.2) is 0 Å². The molecule has 1 aromatic carbocycles. The van der Waals surface area contributed by atoms with Gasteiger partial charge in [-0.25, -0.2) is 4.98 Å². The maximum absolute atomic E-state index is 12.5. The molecule has 2 aromatic rings. The van der Waals surface area contributed by atoms with E-state index in [1.54, 1.807) is 6.20 Å². The molecule has 150 valence electrons. The Kier molecular flexibility index (Phi) is 7.22. The molecule has 1 atom stereocenters. The van der Waals surface area contributed by atoms with Crippen LogP contribution in [0.2, 0.25) is 0 Å². The van der Waals surface area contributed by atoms with Crippen molar-refractivity contribution < 1.29 is 14.3 Å². The number of carbonyl (C=O) groups is 1. The Balaban J connectivity index is 0.00000225. The average molecular weight is 405 g/mol. The minimum atomic E-state index is -0.167. The molecule has 8 heteroatoms. The van der Waals surface area contributed by atoms with Gasteiger partial charge in [0.25, 0.3) is 5.91 Å². The van der Waals surface area contributed by atoms with Crippen LogP contribution in [-0.4, -0.2) is 56.9 Å². The van der Waals surface area contributed by atoms with Gasteiger partial charge in [0.1, 0.15) is 5.82 Å². The van der Waals surface area contributed by atoms with Crippen LogP contribution in [0, 0.1) is 0 Å². The van der Waals surface area contributed by atoms with Crippen molar-refractivity contribution in [3.8, 4) is 0 Å². The first-order chi connectivity index (χ1) is 13.3. The van der Waals surface area contributed by atoms with Crippen molar-refractivity contribution in [3.05, 3.63) is 53.7 Å². The van der Waals surface area contributed by atoms with Crippen LogP contribution in [0.25, 0.3) is 0 Å². The van der Waals surface area contributed by atoms with Gasteiger partial charge in [-0.3, -0.25) is 4.79 Å². The summed E-state index contributed by atoms with van der Waals surface area (Å²) in [5.74, 6) is 0.708. The van der Waals surface area contributed by atoms with E-state index in [1.165, 1.54) is 0 Å². The number of amides is 1. The van der Waals surface area contributed by atoms with Crippen LogP contribution in [-0.2, 0) is 9.47 Å². The lowest BCUT2D eigenvalue weighted by molar-refractivity contribution is 0.0277. The highest BCUT2D eigenvalue weighted by Gasteiger charge is 2.16. The summed E-state index contributed by atoms with van der Waals surface area (Å²) in [7, 11) is 0. The first-order valence-corrected chi connectivity index (χ1v) is 9.32. The molecule has 0 saturated carbocycles. The summed E-state index contributed by atoms with van der Waals surface area (Å²) in [6, 6.07) is 11.5. The molecule has 1 aromatic heterocycles. The predicted octanol–water partition coefficient (Wildman–Crippen LogP) is 2.25. The first-order valence-electron chi connectivity index (χ1n) is 9.32. The molecule has 28 heavy (non-hydrogen) atoms. The maximum atomic E-state index is 12.5. The summed E-state index contributed by atoms with van der Waals surface area (Å²) < 4.78 is 11.1. The zero-order valence-corrected chi connectivity index (χ0v) is 16.4. The van der Waals surface area contributed by atoms with Crippen molar-refractivity contribution in [1.82, 2.24) is 10.3 Å². The number of anilines is 2. The Morgan fingerprint density at radius 2 is 1.89 bits per heavy atom. The van der Waals surface area contributed by atoms with E-state index >= 15 is 0 Å². The van der Waals surface area contributed by atoms with Gasteiger partial charge in [-0.2, -0.15) is 0 Å². The quantitative estimate of drug-likeness (QED) is 0.814. The number of pyridine rings is 1. The zero-order chi connectivity index (χ0) is 18.5. The van der Waals surface area contributed by atoms with E-state index in [0.717, 1.165) is 49.9 Å². The van der Waals surface area contributed by atoms with E-state index in [1.807, 2.05) is 36.4 Å². The summed E-state index contributed by atoms with van der Waals surface area (Å²) in [6.07, 6.45) is 1.69. The summed E-state index contributed by atoms with van der Waals surface area (Å²) in [5, 5.41) is 6.24. The number of hydrogen-bond donors (Lipinski definition) is 2. The van der Waals surface area contributed by atoms with E-state index < -0.39 is 0 Å². The monoisotopic (exact) mass is 404 g/mol. The molecular formula is C20H25ClN4O3. The molecular weight excluding hydrogens is 380 g/mol. The number of nitrogens with one attached hydrogen (secondary N) is 2. The van der Waals surface area contributed by atoms with Gasteiger partial charge >= 0.3 is 0 Å². The standard InChI is InChI=1S/C20H24N4O3.ClH/c25-20(16-3-6-19(22-13-16)24-8-11-26-12-9-24)23-17-4-1-15(2-5-17)18-14-21-7-10-27-18;/h1-6,13,18,21H,7-12,14H2,(H,23,25);1H. The predicted molar refractivity (Wildman–Crippen MR) is 110 cm³/mol. The molecule has 4 rings (SSSR count). The topological polar surface area (TPSA) is 75.7 Å². The smallest absolute Gasteiger partial charge is 0.257 e. The Morgan fingerprint density at radius 3 is 2.54 bits per heavy atom. The Labute approximate surface area is 170 Å². The molecule has 2 aliphatic heterocycles. The third-order valence-corrected chi connectivity index (χ3v) is 4.81. The van der Waals surface area contributed by atoms with E-state index in [9.17, 15) is 4.79 Å². The Bertz CT molecular complexity index is 758. The van der Waals surface area contributed by atoms with Crippen molar-refractivity contribution in [2.75, 3.05) is 56.2 Å². The zero-order valence-electron chi connectivity index (χ0n) is 15.6. The van der Waals surface area contributed by atoms with Crippen LogP contribution in [0.15, 0.2) is 42.6 Å². The summed E-state index contributed by atoms with van der Waals surface area (Å²) in [5.41, 5.74) is 2.40. The van der Waals surface area contributed by atoms with E-state index in [2.05, 4.69) is 20.5 Å². The molecule has 1 amide bonds. The fraction of sp³-hybridized carbons (Fsp3) is 0.400. The van der Waals surface area contributed by atoms with Crippen LogP contribution < -0.4 is 15.5 Å². The maximum Gasteiger partial charge on any atom is 0.257 e. The van der Waals surface area contributed by atoms with Crippen molar-refractivity contribution in [3.63, 3.8) is 0 Å². The highest BCUT2D eigenvalue weighted by atomic mass is 35.5. The number of hydrogen-bond acceptors (Lipinski definition) is 6. The lowest BCUT2D eigenvalue weighted by Crippen LogP contribution is -2.36. The third-order valence-electron chi connectivity index (χ3n) is 4.81. The highest BCUT2D eigenvalue weighted by Crippen LogP contribution is 2.21. The number of halogens is 1. The second-order valence-electron chi connectivity index (χ2n) is 6.64. The van der Waals surface area contributed by atoms with E-state index in [-0.39, 0.29) is 24.4 Å². The molecule has 2 saturated heterocycles. The average Bonchev–Trinajstić information content (AvgIpc) is 2.76. The fourth-order valence-corrected chi connectivity index (χ4v) is 3.26. The normalized spacial score (nSPS) is 19.6. The molecule has 2 fully saturated rings. The molecule has 2 N–H and O–H groups in total. The SMILES string of the molecule is Cl.O=C(Nc1ccc(C2CNCCO2)cc1)c1ccc(N2CCOCC2)nc1. The molecule has 0 aliphatic carbocycles. The van der Waals surface area contributed by atoms with Crippen molar-refractivity contribution >= 4 is 29.8 Å². The van der Waals surface area contributed by atoms with Gasteiger partial charge < -0.3 is 25.0 Å². The third kappa shape index (κ3) is 4.99. The minimum absolute atomic E-state index is 0. The summed E-state index contributed by atoms with van der Waals surface area (Å²) >= 11 is 0. The number of nitrogens with zero attached hydrogens (tertiary/aromatic N) is 2. The Hall–Kier alpha value is -2.19. The minimum Gasteiger partial charge on any atom is -0.378 e. The highest BCUT2D eigenvalue weighted by molar-refractivity contribution is 6.04. The van der Waals surface area contributed by atoms with E-state index in [0.29, 0.717) is 18.8 Å². The molecule has 0 bridgehead atoms. The summed E-state index contributed by atoms with van der Waals surface area (Å²) in [4.78, 5) is 19.1. The second kappa shape index (κ2) is 9.84. The van der Waals surface area contributed by atoms with Crippen LogP contribution in [0.1, 0.15) is 22.0 Å². The first kappa shape index (κ1) is 20.5. The van der Waals surface area contributed by atoms with Gasteiger partial charge in [0, 0.05) is 38.1 Å². The number of ether oxygens (including phenoxy) is 2. The molecule has 0 radical (unpaired) electrons. The molecule has 1 unspecified atom stereocenters. The van der Waals surface area contributed by atoms with Crippen molar-refractivity contribution in [2.45, 2.75) is 6.10 Å². The van der Waals surface area contributed by atoms with Crippen molar-refractivity contribution in [1.29, 1.82) is 0 Å². The van der Waals surface area contributed by atoms with Gasteiger partial charge in [-0.1, -0.05) is 12.1 Å². The summed E-state index contributed by atoms with van der Waals surface area (Å²) in [6.45, 7) is 5.49. The lowest BCUT2D eigenvalue weighted by atomic mass is 10.1.